The third-order valence-corrected chi connectivity index (χ3v) is 4.49. The Morgan fingerprint density at radius 3 is 2.82 bits per heavy atom. The number of benzene rings is 1. The molecular formula is C16H25FN4S. The summed E-state index contributed by atoms with van der Waals surface area (Å²) in [4.78, 5) is 6.96. The molecule has 0 radical (unpaired) electrons. The second-order valence-electron chi connectivity index (χ2n) is 5.29. The van der Waals surface area contributed by atoms with E-state index < -0.39 is 0 Å². The van der Waals surface area contributed by atoms with Gasteiger partial charge in [-0.1, -0.05) is 6.07 Å². The number of hydrogen-bond donors (Lipinski definition) is 2. The summed E-state index contributed by atoms with van der Waals surface area (Å²) in [6.45, 7) is 3.47. The van der Waals surface area contributed by atoms with Gasteiger partial charge >= 0.3 is 0 Å². The van der Waals surface area contributed by atoms with Crippen molar-refractivity contribution in [3.8, 4) is 0 Å². The smallest absolute Gasteiger partial charge is 0.198 e. The quantitative estimate of drug-likeness (QED) is 0.480. The number of nitrogens with two attached hydrogens (primary N) is 1. The molecule has 1 saturated heterocycles. The number of thioether (sulfide) groups is 1. The van der Waals surface area contributed by atoms with Crippen LogP contribution in [0, 0.1) is 5.82 Å². The van der Waals surface area contributed by atoms with Gasteiger partial charge in [0.25, 0.3) is 0 Å². The van der Waals surface area contributed by atoms with E-state index in [1.807, 2.05) is 17.8 Å². The number of rotatable bonds is 6. The van der Waals surface area contributed by atoms with Gasteiger partial charge in [-0.25, -0.2) is 4.39 Å². The predicted molar refractivity (Wildman–Crippen MR) is 94.1 cm³/mol. The van der Waals surface area contributed by atoms with E-state index in [2.05, 4.69) is 10.2 Å². The third-order valence-electron chi connectivity index (χ3n) is 3.50. The molecule has 6 heteroatoms. The first-order valence-corrected chi connectivity index (χ1v) is 9.05. The van der Waals surface area contributed by atoms with Gasteiger partial charge in [0.2, 0.25) is 0 Å². The normalized spacial score (nSPS) is 15.9. The molecule has 0 amide bonds. The molecule has 4 nitrogen and oxygen atoms in total. The van der Waals surface area contributed by atoms with Gasteiger partial charge in [-0.2, -0.15) is 11.8 Å². The zero-order valence-electron chi connectivity index (χ0n) is 12.9. The zero-order valence-corrected chi connectivity index (χ0v) is 13.7. The summed E-state index contributed by atoms with van der Waals surface area (Å²) < 4.78 is 13.3. The Hall–Kier alpha value is -1.27. The molecule has 0 aromatic heterocycles. The number of hydrogen-bond acceptors (Lipinski definition) is 3. The molecule has 0 bridgehead atoms. The predicted octanol–water partition coefficient (Wildman–Crippen LogP) is 2.77. The van der Waals surface area contributed by atoms with Crippen LogP contribution in [0.25, 0.3) is 0 Å². The number of anilines is 1. The summed E-state index contributed by atoms with van der Waals surface area (Å²) in [6.07, 6.45) is 3.65. The average Bonchev–Trinajstić information content (AvgIpc) is 2.54. The highest BCUT2D eigenvalue weighted by Crippen LogP contribution is 2.14. The molecule has 0 spiro atoms. The average molecular weight is 324 g/mol. The SMILES string of the molecule is NCCSCCN=C(Nc1cccc(F)c1)N1CCCCC1. The lowest BCUT2D eigenvalue weighted by atomic mass is 10.1. The molecule has 1 aromatic carbocycles. The van der Waals surface area contributed by atoms with Gasteiger partial charge in [0.05, 0.1) is 6.54 Å². The van der Waals surface area contributed by atoms with Gasteiger partial charge in [-0.05, 0) is 37.5 Å². The summed E-state index contributed by atoms with van der Waals surface area (Å²) in [6, 6.07) is 6.53. The van der Waals surface area contributed by atoms with Crippen molar-refractivity contribution in [2.45, 2.75) is 19.3 Å². The van der Waals surface area contributed by atoms with Crippen LogP contribution in [0.4, 0.5) is 10.1 Å². The molecule has 3 N–H and O–H groups in total. The molecule has 0 saturated carbocycles. The Balaban J connectivity index is 1.98. The minimum atomic E-state index is -0.235. The lowest BCUT2D eigenvalue weighted by Gasteiger charge is -2.30. The highest BCUT2D eigenvalue weighted by atomic mass is 32.2. The number of guanidine groups is 1. The van der Waals surface area contributed by atoms with Gasteiger partial charge in [0.1, 0.15) is 5.82 Å². The zero-order chi connectivity index (χ0) is 15.6. The van der Waals surface area contributed by atoms with Crippen molar-refractivity contribution in [2.24, 2.45) is 10.7 Å². The van der Waals surface area contributed by atoms with E-state index >= 15 is 0 Å². The number of aliphatic imine (C=N–C) groups is 1. The van der Waals surface area contributed by atoms with E-state index in [4.69, 9.17) is 10.7 Å². The molecule has 0 atom stereocenters. The molecule has 1 fully saturated rings. The van der Waals surface area contributed by atoms with E-state index in [1.54, 1.807) is 6.07 Å². The largest absolute Gasteiger partial charge is 0.343 e. The summed E-state index contributed by atoms with van der Waals surface area (Å²) >= 11 is 1.81. The lowest BCUT2D eigenvalue weighted by molar-refractivity contribution is 0.340. The molecule has 1 aromatic rings. The van der Waals surface area contributed by atoms with Crippen molar-refractivity contribution in [3.05, 3.63) is 30.1 Å². The van der Waals surface area contributed by atoms with Gasteiger partial charge in [-0.3, -0.25) is 4.99 Å². The second-order valence-corrected chi connectivity index (χ2v) is 6.51. The minimum absolute atomic E-state index is 0.235. The van der Waals surface area contributed by atoms with E-state index in [0.29, 0.717) is 6.54 Å². The minimum Gasteiger partial charge on any atom is -0.343 e. The van der Waals surface area contributed by atoms with Gasteiger partial charge in [0.15, 0.2) is 5.96 Å². The fourth-order valence-corrected chi connectivity index (χ4v) is 3.01. The van der Waals surface area contributed by atoms with Crippen molar-refractivity contribution in [1.29, 1.82) is 0 Å². The molecule has 122 valence electrons. The van der Waals surface area contributed by atoms with Crippen molar-refractivity contribution >= 4 is 23.4 Å². The van der Waals surface area contributed by atoms with Crippen LogP contribution in [0.15, 0.2) is 29.3 Å². The van der Waals surface area contributed by atoms with E-state index in [1.165, 1.54) is 31.4 Å². The van der Waals surface area contributed by atoms with Crippen molar-refractivity contribution < 1.29 is 4.39 Å². The van der Waals surface area contributed by atoms with Crippen molar-refractivity contribution in [3.63, 3.8) is 0 Å². The van der Waals surface area contributed by atoms with Crippen molar-refractivity contribution in [1.82, 2.24) is 4.90 Å². The molecule has 22 heavy (non-hydrogen) atoms. The highest BCUT2D eigenvalue weighted by molar-refractivity contribution is 7.99. The van der Waals surface area contributed by atoms with Crippen LogP contribution in [0.5, 0.6) is 0 Å². The highest BCUT2D eigenvalue weighted by Gasteiger charge is 2.15. The van der Waals surface area contributed by atoms with Crippen LogP contribution in [0.2, 0.25) is 0 Å². The molecule has 1 aliphatic heterocycles. The Bertz CT molecular complexity index is 475. The number of halogens is 1. The first-order chi connectivity index (χ1) is 10.8. The van der Waals surface area contributed by atoms with E-state index in [0.717, 1.165) is 42.8 Å². The molecule has 1 aliphatic rings. The Morgan fingerprint density at radius 1 is 1.27 bits per heavy atom. The third kappa shape index (κ3) is 5.85. The topological polar surface area (TPSA) is 53.6 Å². The van der Waals surface area contributed by atoms with Crippen LogP contribution in [-0.2, 0) is 0 Å². The standard InChI is InChI=1S/C16H25FN4S/c17-14-5-4-6-15(13-14)20-16(19-8-12-22-11-7-18)21-9-2-1-3-10-21/h4-6,13H,1-3,7-12,18H2,(H,19,20). The van der Waals surface area contributed by atoms with Gasteiger partial charge in [-0.15, -0.1) is 0 Å². The maximum atomic E-state index is 13.3. The maximum absolute atomic E-state index is 13.3. The monoisotopic (exact) mass is 324 g/mol. The second kappa shape index (κ2) is 9.69. The summed E-state index contributed by atoms with van der Waals surface area (Å²) in [5.41, 5.74) is 6.24. The molecule has 2 rings (SSSR count). The lowest BCUT2D eigenvalue weighted by Crippen LogP contribution is -2.40. The maximum Gasteiger partial charge on any atom is 0.198 e. The first-order valence-electron chi connectivity index (χ1n) is 7.89. The van der Waals surface area contributed by atoms with Crippen LogP contribution in [-0.4, -0.2) is 48.5 Å². The van der Waals surface area contributed by atoms with Gasteiger partial charge in [0, 0.05) is 36.8 Å². The Kier molecular flexibility index (Phi) is 7.53. The Labute approximate surface area is 136 Å². The first kappa shape index (κ1) is 17.1. The number of piperidine rings is 1. The number of nitrogens with zero attached hydrogens (tertiary/aromatic N) is 2. The van der Waals surface area contributed by atoms with Crippen LogP contribution < -0.4 is 11.1 Å². The Morgan fingerprint density at radius 2 is 2.09 bits per heavy atom. The van der Waals surface area contributed by atoms with Crippen LogP contribution in [0.3, 0.4) is 0 Å². The number of likely N-dealkylation sites (tertiary alicyclic amines) is 1. The molecule has 0 aliphatic carbocycles. The summed E-state index contributed by atoms with van der Waals surface area (Å²) in [5.74, 6) is 2.55. The fraction of sp³-hybridized carbons (Fsp3) is 0.562. The van der Waals surface area contributed by atoms with Crippen LogP contribution >= 0.6 is 11.8 Å². The fourth-order valence-electron chi connectivity index (χ4n) is 2.42. The number of nitrogens with one attached hydrogen (secondary N) is 1. The van der Waals surface area contributed by atoms with Crippen molar-refractivity contribution in [2.75, 3.05) is 43.0 Å². The molecular weight excluding hydrogens is 299 g/mol. The van der Waals surface area contributed by atoms with E-state index in [9.17, 15) is 4.39 Å². The summed E-state index contributed by atoms with van der Waals surface area (Å²) in [7, 11) is 0. The molecule has 1 heterocycles. The van der Waals surface area contributed by atoms with Gasteiger partial charge < -0.3 is 16.0 Å². The van der Waals surface area contributed by atoms with Crippen LogP contribution in [0.1, 0.15) is 19.3 Å². The van der Waals surface area contributed by atoms with E-state index in [-0.39, 0.29) is 5.82 Å². The summed E-state index contributed by atoms with van der Waals surface area (Å²) in [5, 5.41) is 3.28. The molecule has 0 unspecified atom stereocenters.